The zero-order valence-electron chi connectivity index (χ0n) is 15.4. The van der Waals surface area contributed by atoms with E-state index in [9.17, 15) is 14.4 Å². The molecule has 0 fully saturated rings. The Morgan fingerprint density at radius 1 is 1.00 bits per heavy atom. The Hall–Kier alpha value is -2.28. The number of alkyl carbamates (subject to hydrolysis) is 1. The number of hydrogen-bond acceptors (Lipinski definition) is 4. The van der Waals surface area contributed by atoms with Gasteiger partial charge in [0.15, 0.2) is 0 Å². The molecule has 26 heavy (non-hydrogen) atoms. The molecule has 3 N–H and O–H groups in total. The van der Waals surface area contributed by atoms with Crippen molar-refractivity contribution in [1.82, 2.24) is 16.0 Å². The molecule has 0 saturated carbocycles. The predicted molar refractivity (Wildman–Crippen MR) is 100 cm³/mol. The molecule has 0 saturated heterocycles. The lowest BCUT2D eigenvalue weighted by atomic mass is 10.1. The van der Waals surface area contributed by atoms with Crippen LogP contribution in [0.2, 0.25) is 5.02 Å². The van der Waals surface area contributed by atoms with Crippen LogP contribution in [0.5, 0.6) is 0 Å². The van der Waals surface area contributed by atoms with Crippen molar-refractivity contribution in [1.29, 1.82) is 0 Å². The monoisotopic (exact) mass is 383 g/mol. The summed E-state index contributed by atoms with van der Waals surface area (Å²) in [7, 11) is 0. The smallest absolute Gasteiger partial charge is 0.407 e. The normalized spacial score (nSPS) is 10.8. The first-order chi connectivity index (χ1) is 12.2. The van der Waals surface area contributed by atoms with Crippen molar-refractivity contribution in [2.24, 2.45) is 0 Å². The summed E-state index contributed by atoms with van der Waals surface area (Å²) >= 11 is 5.87. The highest BCUT2D eigenvalue weighted by Crippen LogP contribution is 2.10. The van der Waals surface area contributed by atoms with Crippen molar-refractivity contribution in [3.63, 3.8) is 0 Å². The first-order valence-electron chi connectivity index (χ1n) is 8.40. The predicted octanol–water partition coefficient (Wildman–Crippen LogP) is 2.03. The molecule has 0 aliphatic heterocycles. The topological polar surface area (TPSA) is 96.5 Å². The highest BCUT2D eigenvalue weighted by molar-refractivity contribution is 6.30. The van der Waals surface area contributed by atoms with Crippen LogP contribution in [0.3, 0.4) is 0 Å². The summed E-state index contributed by atoms with van der Waals surface area (Å²) in [6.45, 7) is 6.11. The van der Waals surface area contributed by atoms with Crippen LogP contribution in [0, 0.1) is 0 Å². The summed E-state index contributed by atoms with van der Waals surface area (Å²) in [5, 5.41) is 8.48. The van der Waals surface area contributed by atoms with Crippen LogP contribution in [-0.4, -0.2) is 43.1 Å². The van der Waals surface area contributed by atoms with E-state index < -0.39 is 11.7 Å². The molecule has 144 valence electrons. The van der Waals surface area contributed by atoms with Gasteiger partial charge in [0.2, 0.25) is 11.8 Å². The van der Waals surface area contributed by atoms with E-state index in [1.54, 1.807) is 39.0 Å². The maximum Gasteiger partial charge on any atom is 0.407 e. The molecular formula is C18H26ClN3O4. The largest absolute Gasteiger partial charge is 0.444 e. The number of halogens is 1. The molecule has 0 atom stereocenters. The van der Waals surface area contributed by atoms with Gasteiger partial charge in [-0.3, -0.25) is 9.59 Å². The summed E-state index contributed by atoms with van der Waals surface area (Å²) in [4.78, 5) is 34.9. The van der Waals surface area contributed by atoms with Crippen LogP contribution in [0.15, 0.2) is 24.3 Å². The van der Waals surface area contributed by atoms with Crippen LogP contribution in [0.4, 0.5) is 4.79 Å². The zero-order chi connectivity index (χ0) is 19.6. The quantitative estimate of drug-likeness (QED) is 0.598. The molecule has 1 rings (SSSR count). The summed E-state index contributed by atoms with van der Waals surface area (Å²) < 4.78 is 5.06. The van der Waals surface area contributed by atoms with Gasteiger partial charge in [-0.2, -0.15) is 0 Å². The highest BCUT2D eigenvalue weighted by Gasteiger charge is 2.15. The van der Waals surface area contributed by atoms with Gasteiger partial charge in [-0.1, -0.05) is 23.7 Å². The summed E-state index contributed by atoms with van der Waals surface area (Å²) in [5.41, 5.74) is 0.252. The standard InChI is InChI=1S/C18H26ClN3O4/c1-18(2,3)26-17(25)22-8-7-15(23)20-9-10-21-16(24)12-13-5-4-6-14(19)11-13/h4-6,11H,7-10,12H2,1-3H3,(H,20,23)(H,21,24)(H,22,25). The van der Waals surface area contributed by atoms with Crippen LogP contribution < -0.4 is 16.0 Å². The van der Waals surface area contributed by atoms with Gasteiger partial charge >= 0.3 is 6.09 Å². The van der Waals surface area contributed by atoms with E-state index in [4.69, 9.17) is 16.3 Å². The van der Waals surface area contributed by atoms with E-state index in [1.807, 2.05) is 6.07 Å². The van der Waals surface area contributed by atoms with E-state index in [0.29, 0.717) is 18.1 Å². The van der Waals surface area contributed by atoms with Gasteiger partial charge in [-0.25, -0.2) is 4.79 Å². The molecule has 0 heterocycles. The van der Waals surface area contributed by atoms with Gasteiger partial charge in [0.1, 0.15) is 5.60 Å². The Kier molecular flexibility index (Phi) is 8.92. The molecule has 0 bridgehead atoms. The first-order valence-corrected chi connectivity index (χ1v) is 8.78. The van der Waals surface area contributed by atoms with Crippen LogP contribution in [0.1, 0.15) is 32.8 Å². The molecule has 0 aliphatic rings. The molecular weight excluding hydrogens is 358 g/mol. The second-order valence-electron chi connectivity index (χ2n) is 6.69. The molecule has 0 aromatic heterocycles. The Labute approximate surface area is 158 Å². The number of amides is 3. The third kappa shape index (κ3) is 10.6. The van der Waals surface area contributed by atoms with Crippen molar-refractivity contribution < 1.29 is 19.1 Å². The molecule has 0 aliphatic carbocycles. The Balaban J connectivity index is 2.10. The van der Waals surface area contributed by atoms with Crippen molar-refractivity contribution in [3.05, 3.63) is 34.9 Å². The lowest BCUT2D eigenvalue weighted by Crippen LogP contribution is -2.37. The van der Waals surface area contributed by atoms with Crippen molar-refractivity contribution in [2.75, 3.05) is 19.6 Å². The van der Waals surface area contributed by atoms with E-state index in [2.05, 4.69) is 16.0 Å². The van der Waals surface area contributed by atoms with Gasteiger partial charge in [0.25, 0.3) is 0 Å². The van der Waals surface area contributed by atoms with E-state index in [-0.39, 0.29) is 31.2 Å². The highest BCUT2D eigenvalue weighted by atomic mass is 35.5. The summed E-state index contributed by atoms with van der Waals surface area (Å²) in [5.74, 6) is -0.363. The van der Waals surface area contributed by atoms with Crippen molar-refractivity contribution in [3.8, 4) is 0 Å². The first kappa shape index (κ1) is 21.8. The second kappa shape index (κ2) is 10.7. The van der Waals surface area contributed by atoms with Crippen molar-refractivity contribution in [2.45, 2.75) is 39.2 Å². The number of rotatable bonds is 8. The fourth-order valence-electron chi connectivity index (χ4n) is 1.98. The van der Waals surface area contributed by atoms with Crippen LogP contribution in [-0.2, 0) is 20.7 Å². The Morgan fingerprint density at radius 3 is 2.27 bits per heavy atom. The average molecular weight is 384 g/mol. The molecule has 8 heteroatoms. The van der Waals surface area contributed by atoms with Gasteiger partial charge in [-0.15, -0.1) is 0 Å². The van der Waals surface area contributed by atoms with Gasteiger partial charge in [-0.05, 0) is 38.5 Å². The molecule has 0 unspecified atom stereocenters. The number of carbonyl (C=O) groups is 3. The minimum atomic E-state index is -0.574. The number of benzene rings is 1. The van der Waals surface area contributed by atoms with Crippen LogP contribution in [0.25, 0.3) is 0 Å². The fourth-order valence-corrected chi connectivity index (χ4v) is 2.19. The summed E-state index contributed by atoms with van der Waals surface area (Å²) in [6, 6.07) is 7.10. The van der Waals surface area contributed by atoms with Gasteiger partial charge in [0.05, 0.1) is 6.42 Å². The molecule has 7 nitrogen and oxygen atoms in total. The van der Waals surface area contributed by atoms with E-state index in [0.717, 1.165) is 5.56 Å². The van der Waals surface area contributed by atoms with Crippen LogP contribution >= 0.6 is 11.6 Å². The molecule has 3 amide bonds. The number of ether oxygens (including phenoxy) is 1. The van der Waals surface area contributed by atoms with Gasteiger partial charge < -0.3 is 20.7 Å². The van der Waals surface area contributed by atoms with Crippen molar-refractivity contribution >= 4 is 29.5 Å². The maximum atomic E-state index is 11.8. The minimum absolute atomic E-state index is 0.135. The third-order valence-corrected chi connectivity index (χ3v) is 3.28. The second-order valence-corrected chi connectivity index (χ2v) is 7.12. The molecule has 0 radical (unpaired) electrons. The Morgan fingerprint density at radius 2 is 1.65 bits per heavy atom. The Bertz CT molecular complexity index is 629. The minimum Gasteiger partial charge on any atom is -0.444 e. The lowest BCUT2D eigenvalue weighted by Gasteiger charge is -2.19. The molecule has 1 aromatic carbocycles. The maximum absolute atomic E-state index is 11.8. The third-order valence-electron chi connectivity index (χ3n) is 3.04. The van der Waals surface area contributed by atoms with Gasteiger partial charge in [0, 0.05) is 31.1 Å². The molecule has 0 spiro atoms. The SMILES string of the molecule is CC(C)(C)OC(=O)NCCC(=O)NCCNC(=O)Cc1cccc(Cl)c1. The van der Waals surface area contributed by atoms with E-state index >= 15 is 0 Å². The summed E-state index contributed by atoms with van der Waals surface area (Å²) in [6.07, 6.45) is -0.192. The van der Waals surface area contributed by atoms with E-state index in [1.165, 1.54) is 0 Å². The average Bonchev–Trinajstić information content (AvgIpc) is 2.50. The number of nitrogens with one attached hydrogen (secondary N) is 3. The molecule has 1 aromatic rings. The lowest BCUT2D eigenvalue weighted by molar-refractivity contribution is -0.122. The zero-order valence-corrected chi connectivity index (χ0v) is 16.1. The fraction of sp³-hybridized carbons (Fsp3) is 0.500. The number of hydrogen-bond donors (Lipinski definition) is 3. The number of carbonyl (C=O) groups excluding carboxylic acids is 3.